The number of H-pyrrole nitrogens is 1. The Morgan fingerprint density at radius 1 is 1.33 bits per heavy atom. The zero-order valence-corrected chi connectivity index (χ0v) is 13.7. The summed E-state index contributed by atoms with van der Waals surface area (Å²) < 4.78 is 7.64. The molecule has 0 amide bonds. The van der Waals surface area contributed by atoms with Crippen LogP contribution in [0.3, 0.4) is 0 Å². The van der Waals surface area contributed by atoms with Crippen LogP contribution in [0, 0.1) is 0 Å². The Kier molecular flexibility index (Phi) is 3.09. The van der Waals surface area contributed by atoms with Crippen LogP contribution in [-0.2, 0) is 17.8 Å². The SMILES string of the molecule is CCn1ncc2c1CN(C1CCOCC1)c1nccc3[nH]nc-2c13. The molecule has 5 heterocycles. The van der Waals surface area contributed by atoms with Crippen molar-refractivity contribution < 1.29 is 4.74 Å². The second-order valence-corrected chi connectivity index (χ2v) is 6.42. The molecule has 1 saturated heterocycles. The van der Waals surface area contributed by atoms with Crippen LogP contribution in [-0.4, -0.2) is 44.2 Å². The molecule has 24 heavy (non-hydrogen) atoms. The van der Waals surface area contributed by atoms with Crippen LogP contribution in [0.4, 0.5) is 5.82 Å². The highest BCUT2D eigenvalue weighted by Gasteiger charge is 2.31. The lowest BCUT2D eigenvalue weighted by Crippen LogP contribution is -2.40. The Hall–Kier alpha value is -2.41. The quantitative estimate of drug-likeness (QED) is 0.783. The van der Waals surface area contributed by atoms with E-state index in [1.807, 2.05) is 18.5 Å². The van der Waals surface area contributed by atoms with Crippen molar-refractivity contribution in [3.05, 3.63) is 24.2 Å². The van der Waals surface area contributed by atoms with Gasteiger partial charge in [0.25, 0.3) is 0 Å². The summed E-state index contributed by atoms with van der Waals surface area (Å²) in [5, 5.41) is 13.4. The summed E-state index contributed by atoms with van der Waals surface area (Å²) in [6.07, 6.45) is 5.87. The first-order valence-electron chi connectivity index (χ1n) is 8.59. The first kappa shape index (κ1) is 14.0. The van der Waals surface area contributed by atoms with E-state index in [9.17, 15) is 0 Å². The summed E-state index contributed by atoms with van der Waals surface area (Å²) in [4.78, 5) is 7.17. The highest BCUT2D eigenvalue weighted by molar-refractivity contribution is 6.02. The first-order chi connectivity index (χ1) is 11.9. The van der Waals surface area contributed by atoms with E-state index in [2.05, 4.69) is 31.8 Å². The van der Waals surface area contributed by atoms with Crippen molar-refractivity contribution in [3.63, 3.8) is 0 Å². The second kappa shape index (κ2) is 5.31. The van der Waals surface area contributed by atoms with Gasteiger partial charge in [-0.05, 0) is 25.8 Å². The molecule has 0 saturated carbocycles. The van der Waals surface area contributed by atoms with Crippen LogP contribution in [0.15, 0.2) is 18.5 Å². The Morgan fingerprint density at radius 3 is 3.04 bits per heavy atom. The maximum absolute atomic E-state index is 5.57. The van der Waals surface area contributed by atoms with Gasteiger partial charge in [0.15, 0.2) is 0 Å². The third-order valence-corrected chi connectivity index (χ3v) is 5.18. The van der Waals surface area contributed by atoms with Crippen molar-refractivity contribution in [2.75, 3.05) is 18.1 Å². The standard InChI is InChI=1S/C17H20N6O/c1-2-23-14-10-22(11-4-7-24-8-5-11)17-15-13(3-6-18-17)20-21-16(15)12(14)9-19-23/h3,6,9,11H,2,4-5,7-8,10H2,1H3,(H,20,21). The van der Waals surface area contributed by atoms with Gasteiger partial charge in [0.2, 0.25) is 0 Å². The van der Waals surface area contributed by atoms with Gasteiger partial charge in [-0.25, -0.2) is 4.98 Å². The van der Waals surface area contributed by atoms with Crippen LogP contribution in [0.1, 0.15) is 25.5 Å². The number of fused-ring (bicyclic) bond motifs is 2. The Balaban J connectivity index is 1.75. The number of rotatable bonds is 2. The van der Waals surface area contributed by atoms with Gasteiger partial charge in [-0.3, -0.25) is 9.78 Å². The molecule has 3 aromatic heterocycles. The van der Waals surface area contributed by atoms with Crippen molar-refractivity contribution in [3.8, 4) is 11.3 Å². The van der Waals surface area contributed by atoms with Gasteiger partial charge in [-0.1, -0.05) is 0 Å². The second-order valence-electron chi connectivity index (χ2n) is 6.42. The van der Waals surface area contributed by atoms with Crippen LogP contribution in [0.2, 0.25) is 0 Å². The zero-order chi connectivity index (χ0) is 16.1. The fraction of sp³-hybridized carbons (Fsp3) is 0.471. The van der Waals surface area contributed by atoms with Gasteiger partial charge in [0.05, 0.1) is 29.3 Å². The molecule has 7 heteroatoms. The van der Waals surface area contributed by atoms with Crippen molar-refractivity contribution in [1.82, 2.24) is 25.0 Å². The van der Waals surface area contributed by atoms with E-state index in [0.29, 0.717) is 6.04 Å². The molecule has 0 aromatic carbocycles. The van der Waals surface area contributed by atoms with Gasteiger partial charge in [0.1, 0.15) is 11.5 Å². The van der Waals surface area contributed by atoms with Crippen LogP contribution in [0.5, 0.6) is 0 Å². The maximum atomic E-state index is 5.57. The average molecular weight is 324 g/mol. The van der Waals surface area contributed by atoms with Gasteiger partial charge >= 0.3 is 0 Å². The van der Waals surface area contributed by atoms with Crippen LogP contribution >= 0.6 is 0 Å². The number of pyridine rings is 1. The topological polar surface area (TPSA) is 71.9 Å². The van der Waals surface area contributed by atoms with E-state index in [-0.39, 0.29) is 0 Å². The molecule has 1 fully saturated rings. The van der Waals surface area contributed by atoms with Crippen molar-refractivity contribution in [2.24, 2.45) is 0 Å². The average Bonchev–Trinajstić information content (AvgIpc) is 3.20. The lowest BCUT2D eigenvalue weighted by atomic mass is 10.1. The maximum Gasteiger partial charge on any atom is 0.140 e. The smallest absolute Gasteiger partial charge is 0.140 e. The van der Waals surface area contributed by atoms with E-state index in [4.69, 9.17) is 9.72 Å². The first-order valence-corrected chi connectivity index (χ1v) is 8.59. The molecule has 5 rings (SSSR count). The van der Waals surface area contributed by atoms with Gasteiger partial charge in [-0.2, -0.15) is 10.2 Å². The fourth-order valence-corrected chi connectivity index (χ4v) is 3.94. The zero-order valence-electron chi connectivity index (χ0n) is 13.7. The molecule has 3 aromatic rings. The molecule has 2 aliphatic heterocycles. The number of aryl methyl sites for hydroxylation is 1. The number of aromatic amines is 1. The summed E-state index contributed by atoms with van der Waals surface area (Å²) in [6, 6.07) is 2.43. The highest BCUT2D eigenvalue weighted by atomic mass is 16.5. The molecule has 0 aliphatic carbocycles. The molecule has 0 unspecified atom stereocenters. The highest BCUT2D eigenvalue weighted by Crippen LogP contribution is 2.40. The Bertz CT molecular complexity index is 892. The largest absolute Gasteiger partial charge is 0.381 e. The van der Waals surface area contributed by atoms with Crippen molar-refractivity contribution in [1.29, 1.82) is 0 Å². The summed E-state index contributed by atoms with van der Waals surface area (Å²) in [7, 11) is 0. The van der Waals surface area contributed by atoms with Crippen LogP contribution in [0.25, 0.3) is 22.2 Å². The molecule has 124 valence electrons. The monoisotopic (exact) mass is 324 g/mol. The molecule has 7 nitrogen and oxygen atoms in total. The summed E-state index contributed by atoms with van der Waals surface area (Å²) in [6.45, 7) is 5.43. The van der Waals surface area contributed by atoms with Gasteiger partial charge in [0, 0.05) is 37.6 Å². The predicted octanol–water partition coefficient (Wildman–Crippen LogP) is 2.34. The molecule has 2 aliphatic rings. The van der Waals surface area contributed by atoms with Gasteiger partial charge < -0.3 is 9.64 Å². The fourth-order valence-electron chi connectivity index (χ4n) is 3.94. The predicted molar refractivity (Wildman–Crippen MR) is 90.8 cm³/mol. The molecule has 0 atom stereocenters. The number of aromatic nitrogens is 5. The third kappa shape index (κ3) is 1.91. The van der Waals surface area contributed by atoms with Crippen molar-refractivity contribution in [2.45, 2.75) is 38.9 Å². The third-order valence-electron chi connectivity index (χ3n) is 5.18. The molecular formula is C17H20N6O. The lowest BCUT2D eigenvalue weighted by molar-refractivity contribution is 0.0839. The lowest BCUT2D eigenvalue weighted by Gasteiger charge is -2.35. The number of anilines is 1. The van der Waals surface area contributed by atoms with E-state index in [1.54, 1.807) is 0 Å². The van der Waals surface area contributed by atoms with E-state index < -0.39 is 0 Å². The number of ether oxygens (including phenoxy) is 1. The molecular weight excluding hydrogens is 304 g/mol. The number of nitrogens with zero attached hydrogens (tertiary/aromatic N) is 5. The molecule has 0 bridgehead atoms. The number of hydrogen-bond acceptors (Lipinski definition) is 5. The van der Waals surface area contributed by atoms with Gasteiger partial charge in [-0.15, -0.1) is 0 Å². The summed E-state index contributed by atoms with van der Waals surface area (Å²) in [5.41, 5.74) is 4.34. The molecule has 1 N–H and O–H groups in total. The Labute approximate surface area is 139 Å². The van der Waals surface area contributed by atoms with E-state index in [1.165, 1.54) is 5.69 Å². The normalized spacial score (nSPS) is 18.0. The van der Waals surface area contributed by atoms with Crippen molar-refractivity contribution >= 4 is 16.7 Å². The number of hydrogen-bond donors (Lipinski definition) is 1. The summed E-state index contributed by atoms with van der Waals surface area (Å²) in [5.74, 6) is 1.03. The van der Waals surface area contributed by atoms with Crippen LogP contribution < -0.4 is 4.90 Å². The molecule has 0 spiro atoms. The van der Waals surface area contributed by atoms with E-state index in [0.717, 1.165) is 67.1 Å². The molecule has 0 radical (unpaired) electrons. The minimum absolute atomic E-state index is 0.436. The minimum atomic E-state index is 0.436. The summed E-state index contributed by atoms with van der Waals surface area (Å²) >= 11 is 0. The Morgan fingerprint density at radius 2 is 2.21 bits per heavy atom. The number of nitrogens with one attached hydrogen (secondary N) is 1. The minimum Gasteiger partial charge on any atom is -0.381 e. The van der Waals surface area contributed by atoms with E-state index >= 15 is 0 Å².